The minimum Gasteiger partial charge on any atom is -0.408 e. The lowest BCUT2D eigenvalue weighted by molar-refractivity contribution is 0.527. The van der Waals surface area contributed by atoms with Crippen LogP contribution in [0, 0.1) is 0 Å². The topological polar surface area (TPSA) is 72.5 Å². The van der Waals surface area contributed by atoms with E-state index in [1.165, 1.54) is 21.0 Å². The first-order valence-corrected chi connectivity index (χ1v) is 9.52. The summed E-state index contributed by atoms with van der Waals surface area (Å²) in [5.41, 5.74) is 2.50. The van der Waals surface area contributed by atoms with Gasteiger partial charge in [0.1, 0.15) is 0 Å². The van der Waals surface area contributed by atoms with Gasteiger partial charge >= 0.3 is 5.76 Å². The van der Waals surface area contributed by atoms with E-state index in [-0.39, 0.29) is 10.5 Å². The summed E-state index contributed by atoms with van der Waals surface area (Å²) in [6, 6.07) is 10.1. The number of halogens is 1. The summed E-state index contributed by atoms with van der Waals surface area (Å²) in [5, 5.41) is 0. The van der Waals surface area contributed by atoms with E-state index in [0.717, 1.165) is 10.0 Å². The second-order valence-corrected chi connectivity index (χ2v) is 8.43. The molecule has 3 aromatic rings. The fraction of sp³-hybridized carbons (Fsp3) is 0.188. The molecule has 8 heteroatoms. The van der Waals surface area contributed by atoms with Crippen LogP contribution in [0.2, 0.25) is 0 Å². The normalized spacial score (nSPS) is 14.3. The van der Waals surface area contributed by atoms with E-state index in [0.29, 0.717) is 24.2 Å². The lowest BCUT2D eigenvalue weighted by Crippen LogP contribution is -2.29. The van der Waals surface area contributed by atoms with E-state index in [1.807, 2.05) is 12.1 Å². The number of nitrogens with zero attached hydrogens (tertiary/aromatic N) is 2. The zero-order valence-electron chi connectivity index (χ0n) is 12.7. The number of fused-ring (bicyclic) bond motifs is 2. The van der Waals surface area contributed by atoms with Crippen molar-refractivity contribution in [3.63, 3.8) is 0 Å². The minimum atomic E-state index is -3.71. The number of sulfonamides is 1. The molecule has 0 aliphatic carbocycles. The largest absolute Gasteiger partial charge is 0.419 e. The molecule has 0 saturated carbocycles. The first-order valence-electron chi connectivity index (χ1n) is 7.29. The molecule has 0 unspecified atom stereocenters. The third-order valence-corrected chi connectivity index (χ3v) is 6.55. The van der Waals surface area contributed by atoms with Crippen molar-refractivity contribution in [1.29, 1.82) is 0 Å². The van der Waals surface area contributed by atoms with Gasteiger partial charge in [0.2, 0.25) is 0 Å². The minimum absolute atomic E-state index is 0.111. The maximum absolute atomic E-state index is 13.0. The molecule has 1 aliphatic heterocycles. The summed E-state index contributed by atoms with van der Waals surface area (Å²) in [5.74, 6) is -0.518. The molecule has 1 aromatic heterocycles. The Labute approximate surface area is 146 Å². The van der Waals surface area contributed by atoms with Crippen LogP contribution in [0.25, 0.3) is 11.1 Å². The van der Waals surface area contributed by atoms with Crippen LogP contribution in [-0.2, 0) is 23.5 Å². The van der Waals surface area contributed by atoms with Gasteiger partial charge in [0.25, 0.3) is 10.0 Å². The molecule has 0 spiro atoms. The zero-order valence-corrected chi connectivity index (χ0v) is 15.1. The average Bonchev–Trinajstić information content (AvgIpc) is 3.08. The van der Waals surface area contributed by atoms with Crippen LogP contribution in [-0.4, -0.2) is 19.5 Å². The van der Waals surface area contributed by atoms with E-state index >= 15 is 0 Å². The third-order valence-electron chi connectivity index (χ3n) is 4.25. The van der Waals surface area contributed by atoms with E-state index < -0.39 is 15.8 Å². The third kappa shape index (κ3) is 2.21. The van der Waals surface area contributed by atoms with Crippen LogP contribution in [0.15, 0.2) is 55.0 Å². The van der Waals surface area contributed by atoms with Crippen molar-refractivity contribution < 1.29 is 12.8 Å². The summed E-state index contributed by atoms with van der Waals surface area (Å²) in [6.07, 6.45) is 0.663. The maximum atomic E-state index is 13.0. The Balaban J connectivity index is 1.83. The summed E-state index contributed by atoms with van der Waals surface area (Å²) in [7, 11) is -2.13. The van der Waals surface area contributed by atoms with E-state index in [1.54, 1.807) is 19.2 Å². The van der Waals surface area contributed by atoms with Crippen molar-refractivity contribution in [1.82, 2.24) is 4.57 Å². The summed E-state index contributed by atoms with van der Waals surface area (Å²) in [4.78, 5) is 11.7. The first-order chi connectivity index (χ1) is 11.4. The molecule has 0 amide bonds. The van der Waals surface area contributed by atoms with Crippen LogP contribution < -0.4 is 10.1 Å². The molecular formula is C16H13BrN2O4S. The Bertz CT molecular complexity index is 1130. The molecule has 1 aliphatic rings. The predicted octanol–water partition coefficient (Wildman–Crippen LogP) is 2.65. The molecule has 24 heavy (non-hydrogen) atoms. The molecule has 0 saturated heterocycles. The van der Waals surface area contributed by atoms with Gasteiger partial charge in [-0.1, -0.05) is 15.9 Å². The second kappa shape index (κ2) is 5.22. The molecule has 2 heterocycles. The highest BCUT2D eigenvalue weighted by Crippen LogP contribution is 2.35. The van der Waals surface area contributed by atoms with Gasteiger partial charge in [-0.3, -0.25) is 8.87 Å². The molecule has 0 fully saturated rings. The SMILES string of the molecule is Cn1c(=O)oc2cc(S(=O)(=O)N3CCc4cc(Br)ccc43)ccc21. The summed E-state index contributed by atoms with van der Waals surface area (Å²) in [6.45, 7) is 0.394. The number of anilines is 1. The Morgan fingerprint density at radius 2 is 1.96 bits per heavy atom. The molecule has 6 nitrogen and oxygen atoms in total. The Hall–Kier alpha value is -2.06. The molecule has 4 rings (SSSR count). The second-order valence-electron chi connectivity index (χ2n) is 5.66. The van der Waals surface area contributed by atoms with Gasteiger partial charge in [-0.25, -0.2) is 13.2 Å². The highest BCUT2D eigenvalue weighted by atomic mass is 79.9. The van der Waals surface area contributed by atoms with Gasteiger partial charge < -0.3 is 4.42 Å². The lowest BCUT2D eigenvalue weighted by Gasteiger charge is -2.19. The van der Waals surface area contributed by atoms with Crippen LogP contribution >= 0.6 is 15.9 Å². The summed E-state index contributed by atoms with van der Waals surface area (Å²) >= 11 is 3.40. The molecule has 0 radical (unpaired) electrons. The van der Waals surface area contributed by atoms with Crippen molar-refractivity contribution in [2.45, 2.75) is 11.3 Å². The lowest BCUT2D eigenvalue weighted by atomic mass is 10.2. The Morgan fingerprint density at radius 3 is 2.75 bits per heavy atom. The predicted molar refractivity (Wildman–Crippen MR) is 93.8 cm³/mol. The fourth-order valence-corrected chi connectivity index (χ4v) is 4.92. The van der Waals surface area contributed by atoms with E-state index in [2.05, 4.69) is 15.9 Å². The van der Waals surface area contributed by atoms with Crippen molar-refractivity contribution in [2.75, 3.05) is 10.8 Å². The first kappa shape index (κ1) is 15.5. The Morgan fingerprint density at radius 1 is 1.17 bits per heavy atom. The quantitative estimate of drug-likeness (QED) is 0.653. The van der Waals surface area contributed by atoms with Crippen molar-refractivity contribution >= 4 is 42.7 Å². The number of oxazole rings is 1. The number of hydrogen-bond donors (Lipinski definition) is 0. The highest BCUT2D eigenvalue weighted by molar-refractivity contribution is 9.10. The smallest absolute Gasteiger partial charge is 0.408 e. The van der Waals surface area contributed by atoms with Gasteiger partial charge in [0.05, 0.1) is 16.1 Å². The zero-order chi connectivity index (χ0) is 17.1. The summed E-state index contributed by atoms with van der Waals surface area (Å²) < 4.78 is 34.8. The fourth-order valence-electron chi connectivity index (χ4n) is 2.99. The van der Waals surface area contributed by atoms with Gasteiger partial charge in [-0.05, 0) is 42.3 Å². The standard InChI is InChI=1S/C16H13BrN2O4S/c1-18-14-5-3-12(9-15(14)23-16(18)20)24(21,22)19-7-6-10-8-11(17)2-4-13(10)19/h2-5,8-9H,6-7H2,1H3. The number of benzene rings is 2. The maximum Gasteiger partial charge on any atom is 0.419 e. The number of aromatic nitrogens is 1. The molecular weight excluding hydrogens is 396 g/mol. The number of hydrogen-bond acceptors (Lipinski definition) is 4. The van der Waals surface area contributed by atoms with Gasteiger partial charge in [-0.15, -0.1) is 0 Å². The number of aryl methyl sites for hydroxylation is 1. The van der Waals surface area contributed by atoms with Crippen molar-refractivity contribution in [3.05, 3.63) is 57.0 Å². The molecule has 124 valence electrons. The molecule has 2 aromatic carbocycles. The molecule has 0 bridgehead atoms. The molecule has 0 N–H and O–H groups in total. The highest BCUT2D eigenvalue weighted by Gasteiger charge is 2.31. The molecule has 0 atom stereocenters. The van der Waals surface area contributed by atoms with E-state index in [9.17, 15) is 13.2 Å². The van der Waals surface area contributed by atoms with Gasteiger partial charge in [0.15, 0.2) is 5.58 Å². The van der Waals surface area contributed by atoms with Gasteiger partial charge in [-0.2, -0.15) is 0 Å². The van der Waals surface area contributed by atoms with Crippen LogP contribution in [0.4, 0.5) is 5.69 Å². The van der Waals surface area contributed by atoms with Crippen molar-refractivity contribution in [3.8, 4) is 0 Å². The van der Waals surface area contributed by atoms with Crippen LogP contribution in [0.5, 0.6) is 0 Å². The average molecular weight is 409 g/mol. The van der Waals surface area contributed by atoms with E-state index in [4.69, 9.17) is 4.42 Å². The monoisotopic (exact) mass is 408 g/mol. The van der Waals surface area contributed by atoms with Crippen LogP contribution in [0.3, 0.4) is 0 Å². The number of rotatable bonds is 2. The van der Waals surface area contributed by atoms with Crippen LogP contribution in [0.1, 0.15) is 5.56 Å². The van der Waals surface area contributed by atoms with Crippen molar-refractivity contribution in [2.24, 2.45) is 7.05 Å². The Kier molecular flexibility index (Phi) is 3.36. The van der Waals surface area contributed by atoms with Gasteiger partial charge in [0, 0.05) is 24.1 Å².